The third-order valence-corrected chi connectivity index (χ3v) is 6.94. The number of rotatable bonds is 6. The van der Waals surface area contributed by atoms with Gasteiger partial charge in [0, 0.05) is 50.0 Å². The predicted molar refractivity (Wildman–Crippen MR) is 141 cm³/mol. The minimum absolute atomic E-state index is 0.0937. The highest BCUT2D eigenvalue weighted by atomic mass is 35.5. The molecule has 1 aliphatic heterocycles. The number of nitrogens with one attached hydrogen (secondary N) is 1. The zero-order valence-electron chi connectivity index (χ0n) is 20.9. The molecule has 4 aromatic rings. The fourth-order valence-corrected chi connectivity index (χ4v) is 4.77. The number of piperidine rings is 1. The number of anilines is 2. The van der Waals surface area contributed by atoms with Crippen LogP contribution in [0.2, 0.25) is 5.02 Å². The van der Waals surface area contributed by atoms with Gasteiger partial charge in [-0.15, -0.1) is 0 Å². The van der Waals surface area contributed by atoms with Gasteiger partial charge in [0.25, 0.3) is 5.91 Å². The van der Waals surface area contributed by atoms with Gasteiger partial charge in [-0.3, -0.25) is 9.59 Å². The second kappa shape index (κ2) is 10.6. The highest BCUT2D eigenvalue weighted by Crippen LogP contribution is 2.36. The molecule has 8 nitrogen and oxygen atoms in total. The van der Waals surface area contributed by atoms with E-state index in [0.717, 1.165) is 50.2 Å². The zero-order valence-corrected chi connectivity index (χ0v) is 21.6. The van der Waals surface area contributed by atoms with Crippen molar-refractivity contribution in [2.24, 2.45) is 7.05 Å². The van der Waals surface area contributed by atoms with Crippen LogP contribution in [0.4, 0.5) is 24.5 Å². The number of aromatic nitrogens is 4. The largest absolute Gasteiger partial charge is 0.417 e. The first-order valence-corrected chi connectivity index (χ1v) is 12.6. The third-order valence-electron chi connectivity index (χ3n) is 6.61. The molecule has 2 aromatic heterocycles. The Kier molecular flexibility index (Phi) is 7.17. The summed E-state index contributed by atoms with van der Waals surface area (Å²) in [6.45, 7) is 1.70. The predicted octanol–water partition coefficient (Wildman–Crippen LogP) is 5.75. The second-order valence-electron chi connectivity index (χ2n) is 9.26. The first-order chi connectivity index (χ1) is 18.6. The van der Waals surface area contributed by atoms with Crippen molar-refractivity contribution in [3.05, 3.63) is 88.7 Å². The van der Waals surface area contributed by atoms with Gasteiger partial charge in [-0.05, 0) is 55.7 Å². The first kappa shape index (κ1) is 26.5. The van der Waals surface area contributed by atoms with Gasteiger partial charge in [0.1, 0.15) is 0 Å². The molecule has 1 aliphatic rings. The van der Waals surface area contributed by atoms with Crippen LogP contribution in [-0.4, -0.2) is 44.1 Å². The summed E-state index contributed by atoms with van der Waals surface area (Å²) in [6, 6.07) is 8.65. The van der Waals surface area contributed by atoms with Crippen LogP contribution >= 0.6 is 11.6 Å². The van der Waals surface area contributed by atoms with E-state index < -0.39 is 28.5 Å². The molecular formula is C27H24ClF3N6O2. The van der Waals surface area contributed by atoms with E-state index in [1.54, 1.807) is 29.9 Å². The van der Waals surface area contributed by atoms with Gasteiger partial charge in [0.15, 0.2) is 11.6 Å². The van der Waals surface area contributed by atoms with E-state index in [9.17, 15) is 22.8 Å². The molecule has 1 fully saturated rings. The van der Waals surface area contributed by atoms with Crippen LogP contribution in [0.3, 0.4) is 0 Å². The summed E-state index contributed by atoms with van der Waals surface area (Å²) in [5.74, 6) is -0.761. The summed E-state index contributed by atoms with van der Waals surface area (Å²) < 4.78 is 42.8. The van der Waals surface area contributed by atoms with Crippen molar-refractivity contribution in [2.45, 2.75) is 25.4 Å². The molecule has 1 amide bonds. The number of aryl methyl sites for hydroxylation is 1. The van der Waals surface area contributed by atoms with E-state index in [1.807, 2.05) is 6.07 Å². The minimum Gasteiger partial charge on any atom is -0.372 e. The van der Waals surface area contributed by atoms with Crippen molar-refractivity contribution in [1.29, 1.82) is 0 Å². The molecule has 0 atom stereocenters. The molecule has 1 saturated heterocycles. The van der Waals surface area contributed by atoms with Crippen LogP contribution < -0.4 is 10.2 Å². The maximum atomic E-state index is 13.7. The highest BCUT2D eigenvalue weighted by Gasteiger charge is 2.33. The molecule has 0 unspecified atom stereocenters. The van der Waals surface area contributed by atoms with Crippen molar-refractivity contribution in [2.75, 3.05) is 23.3 Å². The maximum absolute atomic E-state index is 13.7. The molecule has 0 bridgehead atoms. The maximum Gasteiger partial charge on any atom is 0.417 e. The number of halogens is 4. The van der Waals surface area contributed by atoms with Gasteiger partial charge in [-0.2, -0.15) is 18.3 Å². The molecule has 202 valence electrons. The zero-order chi connectivity index (χ0) is 27.7. The lowest BCUT2D eigenvalue weighted by atomic mass is 10.0. The summed E-state index contributed by atoms with van der Waals surface area (Å²) >= 11 is 5.74. The number of hydrogen-bond donors (Lipinski definition) is 1. The smallest absolute Gasteiger partial charge is 0.372 e. The van der Waals surface area contributed by atoms with Crippen molar-refractivity contribution in [3.8, 4) is 5.69 Å². The van der Waals surface area contributed by atoms with Crippen molar-refractivity contribution >= 4 is 34.7 Å². The van der Waals surface area contributed by atoms with Crippen molar-refractivity contribution in [3.63, 3.8) is 0 Å². The molecule has 2 aromatic carbocycles. The summed E-state index contributed by atoms with van der Waals surface area (Å²) in [6.07, 6.45) is 4.33. The van der Waals surface area contributed by atoms with Crippen LogP contribution in [0.15, 0.2) is 61.2 Å². The van der Waals surface area contributed by atoms with E-state index in [1.165, 1.54) is 29.3 Å². The van der Waals surface area contributed by atoms with E-state index >= 15 is 0 Å². The summed E-state index contributed by atoms with van der Waals surface area (Å²) in [4.78, 5) is 32.8. The Labute approximate surface area is 227 Å². The van der Waals surface area contributed by atoms with Crippen molar-refractivity contribution in [1.82, 2.24) is 19.3 Å². The summed E-state index contributed by atoms with van der Waals surface area (Å²) in [5.41, 5.74) is 0.587. The molecule has 12 heteroatoms. The van der Waals surface area contributed by atoms with E-state index in [4.69, 9.17) is 11.6 Å². The number of hydrogen-bond acceptors (Lipinski definition) is 5. The fraction of sp³-hybridized carbons (Fsp3) is 0.259. The van der Waals surface area contributed by atoms with Gasteiger partial charge in [-0.1, -0.05) is 11.6 Å². The molecule has 0 spiro atoms. The van der Waals surface area contributed by atoms with E-state index in [2.05, 4.69) is 20.3 Å². The Bertz CT molecular complexity index is 1540. The number of carbonyl (C=O) groups is 2. The summed E-state index contributed by atoms with van der Waals surface area (Å²) in [5, 5.41) is 6.46. The molecular weight excluding hydrogens is 533 g/mol. The summed E-state index contributed by atoms with van der Waals surface area (Å²) in [7, 11) is 1.68. The third kappa shape index (κ3) is 5.53. The Balaban J connectivity index is 1.50. The van der Waals surface area contributed by atoms with Gasteiger partial charge in [0.05, 0.1) is 33.7 Å². The number of alkyl halides is 3. The first-order valence-electron chi connectivity index (χ1n) is 12.3. The topological polar surface area (TPSA) is 85.1 Å². The average molecular weight is 557 g/mol. The second-order valence-corrected chi connectivity index (χ2v) is 9.67. The SMILES string of the molecule is Cn1ccnc1C(=O)Nc1ccc(N2CCCCC2)cc1C(=O)c1cnn(-c2ccc(Cl)c(C(F)(F)F)c2)c1. The standard InChI is InChI=1S/C27H24ClF3N6O2/c1-35-12-9-32-25(35)26(39)34-23-8-6-18(36-10-3-2-4-11-36)13-20(23)24(38)17-15-33-37(16-17)19-5-7-22(28)21(14-19)27(29,30)31/h5-9,12-16H,2-4,10-11H2,1H3,(H,34,39). The number of carbonyl (C=O) groups excluding carboxylic acids is 2. The number of imidazole rings is 1. The Morgan fingerprint density at radius 3 is 2.46 bits per heavy atom. The Morgan fingerprint density at radius 1 is 1.03 bits per heavy atom. The molecule has 0 aliphatic carbocycles. The van der Waals surface area contributed by atoms with Crippen LogP contribution in [0.5, 0.6) is 0 Å². The molecule has 3 heterocycles. The van der Waals surface area contributed by atoms with Crippen LogP contribution in [0, 0.1) is 0 Å². The van der Waals surface area contributed by atoms with Crippen LogP contribution in [0.1, 0.15) is 51.4 Å². The van der Waals surface area contributed by atoms with Crippen LogP contribution in [0.25, 0.3) is 5.69 Å². The van der Waals surface area contributed by atoms with Crippen molar-refractivity contribution < 1.29 is 22.8 Å². The van der Waals surface area contributed by atoms with Gasteiger partial charge in [-0.25, -0.2) is 9.67 Å². The highest BCUT2D eigenvalue weighted by molar-refractivity contribution is 6.31. The fourth-order valence-electron chi connectivity index (χ4n) is 4.55. The molecule has 5 rings (SSSR count). The minimum atomic E-state index is -4.64. The molecule has 39 heavy (non-hydrogen) atoms. The monoisotopic (exact) mass is 556 g/mol. The van der Waals surface area contributed by atoms with Gasteiger partial charge >= 0.3 is 6.18 Å². The molecule has 0 radical (unpaired) electrons. The number of benzene rings is 2. The van der Waals surface area contributed by atoms with Crippen LogP contribution in [-0.2, 0) is 13.2 Å². The quantitative estimate of drug-likeness (QED) is 0.306. The number of ketones is 1. The average Bonchev–Trinajstić information content (AvgIpc) is 3.58. The molecule has 0 saturated carbocycles. The Morgan fingerprint density at radius 2 is 1.77 bits per heavy atom. The number of amides is 1. The van der Waals surface area contributed by atoms with Gasteiger partial charge in [0.2, 0.25) is 0 Å². The van der Waals surface area contributed by atoms with Gasteiger partial charge < -0.3 is 14.8 Å². The van der Waals surface area contributed by atoms with E-state index in [0.29, 0.717) is 0 Å². The number of nitrogens with zero attached hydrogens (tertiary/aromatic N) is 5. The lowest BCUT2D eigenvalue weighted by Gasteiger charge is -2.29. The lowest BCUT2D eigenvalue weighted by molar-refractivity contribution is -0.137. The normalized spacial score (nSPS) is 13.9. The van der Waals surface area contributed by atoms with E-state index in [-0.39, 0.29) is 28.3 Å². The molecule has 1 N–H and O–H groups in total. The lowest BCUT2D eigenvalue weighted by Crippen LogP contribution is -2.29. The Hall–Kier alpha value is -4.12.